The number of nitrogens with zero attached hydrogens (tertiary/aromatic N) is 4. The van der Waals surface area contributed by atoms with Crippen LogP contribution in [0.5, 0.6) is 0 Å². The van der Waals surface area contributed by atoms with Gasteiger partial charge in [-0.05, 0) is 0 Å². The lowest BCUT2D eigenvalue weighted by Gasteiger charge is -2.10. The Morgan fingerprint density at radius 1 is 1.47 bits per heavy atom. The predicted molar refractivity (Wildman–Crippen MR) is 70.3 cm³/mol. The topological polar surface area (TPSA) is 63.8 Å². The van der Waals surface area contributed by atoms with Crippen LogP contribution in [-0.4, -0.2) is 41.6 Å². The van der Waals surface area contributed by atoms with Crippen molar-refractivity contribution < 1.29 is 5.11 Å². The summed E-state index contributed by atoms with van der Waals surface area (Å²) in [6, 6.07) is 0. The zero-order valence-electron chi connectivity index (χ0n) is 8.65. The molecule has 0 amide bonds. The number of aliphatic hydroxyl groups excluding tert-OH is 1. The standard InChI is InChI=1S/C9H9ClN4OS2/c10-8-7-9(12-3-11-8)14(4-13-7)5-2-16-6(1-15)17-5/h3-6,15H,1-2H2/t5-,6+/m1/s1. The Labute approximate surface area is 111 Å². The molecule has 1 fully saturated rings. The molecule has 0 aromatic carbocycles. The SMILES string of the molecule is OC[C@H]1SC[C@H](n2cnc3c(Cl)ncnc32)S1. The first-order valence-electron chi connectivity index (χ1n) is 5.00. The van der Waals surface area contributed by atoms with E-state index in [2.05, 4.69) is 15.0 Å². The monoisotopic (exact) mass is 288 g/mol. The van der Waals surface area contributed by atoms with Crippen LogP contribution in [0.15, 0.2) is 12.7 Å². The summed E-state index contributed by atoms with van der Waals surface area (Å²) in [5.74, 6) is 0.934. The Hall–Kier alpha value is -0.500. The molecule has 0 spiro atoms. The minimum Gasteiger partial charge on any atom is -0.394 e. The quantitative estimate of drug-likeness (QED) is 0.850. The fourth-order valence-electron chi connectivity index (χ4n) is 1.72. The van der Waals surface area contributed by atoms with Gasteiger partial charge in [-0.1, -0.05) is 11.6 Å². The number of thioether (sulfide) groups is 2. The zero-order valence-corrected chi connectivity index (χ0v) is 11.0. The van der Waals surface area contributed by atoms with Crippen molar-refractivity contribution in [2.45, 2.75) is 9.96 Å². The molecular weight excluding hydrogens is 280 g/mol. The lowest BCUT2D eigenvalue weighted by atomic mass is 10.5. The van der Waals surface area contributed by atoms with Crippen LogP contribution in [0, 0.1) is 0 Å². The third-order valence-corrected chi connectivity index (χ3v) is 5.93. The van der Waals surface area contributed by atoms with Gasteiger partial charge in [-0.3, -0.25) is 0 Å². The van der Waals surface area contributed by atoms with Crippen LogP contribution >= 0.6 is 35.1 Å². The minimum atomic E-state index is 0.189. The van der Waals surface area contributed by atoms with Gasteiger partial charge in [-0.25, -0.2) is 15.0 Å². The van der Waals surface area contributed by atoms with E-state index in [0.717, 1.165) is 11.4 Å². The molecule has 0 aliphatic carbocycles. The smallest absolute Gasteiger partial charge is 0.165 e. The van der Waals surface area contributed by atoms with E-state index >= 15 is 0 Å². The summed E-state index contributed by atoms with van der Waals surface area (Å²) < 4.78 is 2.23. The molecule has 3 heterocycles. The molecule has 3 rings (SSSR count). The van der Waals surface area contributed by atoms with Crippen LogP contribution in [0.1, 0.15) is 5.37 Å². The maximum atomic E-state index is 9.13. The van der Waals surface area contributed by atoms with E-state index in [1.54, 1.807) is 29.9 Å². The summed E-state index contributed by atoms with van der Waals surface area (Å²) in [5.41, 5.74) is 1.38. The fraction of sp³-hybridized carbons (Fsp3) is 0.444. The number of aliphatic hydroxyl groups is 1. The molecule has 0 radical (unpaired) electrons. The molecular formula is C9H9ClN4OS2. The summed E-state index contributed by atoms with van der Waals surface area (Å²) in [7, 11) is 0. The molecule has 1 aliphatic heterocycles. The predicted octanol–water partition coefficient (Wildman–Crippen LogP) is 1.78. The van der Waals surface area contributed by atoms with E-state index in [1.165, 1.54) is 6.33 Å². The summed E-state index contributed by atoms with van der Waals surface area (Å²) in [4.78, 5) is 12.4. The van der Waals surface area contributed by atoms with Gasteiger partial charge in [0.15, 0.2) is 10.8 Å². The highest BCUT2D eigenvalue weighted by Gasteiger charge is 2.28. The number of imidazole rings is 1. The maximum absolute atomic E-state index is 9.13. The highest BCUT2D eigenvalue weighted by atomic mass is 35.5. The molecule has 2 aromatic rings. The van der Waals surface area contributed by atoms with E-state index in [-0.39, 0.29) is 16.6 Å². The highest BCUT2D eigenvalue weighted by Crippen LogP contribution is 2.44. The number of hydrogen-bond acceptors (Lipinski definition) is 6. The number of rotatable bonds is 2. The van der Waals surface area contributed by atoms with Gasteiger partial charge in [0, 0.05) is 5.75 Å². The van der Waals surface area contributed by atoms with Crippen molar-refractivity contribution >= 4 is 46.3 Å². The number of aromatic nitrogens is 4. The summed E-state index contributed by atoms with van der Waals surface area (Å²) in [6.07, 6.45) is 3.18. The average Bonchev–Trinajstić information content (AvgIpc) is 2.94. The first-order valence-corrected chi connectivity index (χ1v) is 7.37. The Kier molecular flexibility index (Phi) is 3.16. The molecule has 2 atom stereocenters. The lowest BCUT2D eigenvalue weighted by molar-refractivity contribution is 0.316. The zero-order chi connectivity index (χ0) is 11.8. The van der Waals surface area contributed by atoms with Crippen molar-refractivity contribution in [1.29, 1.82) is 0 Å². The van der Waals surface area contributed by atoms with Gasteiger partial charge in [0.05, 0.1) is 22.9 Å². The van der Waals surface area contributed by atoms with Gasteiger partial charge in [0.1, 0.15) is 11.8 Å². The second-order valence-corrected chi connectivity index (χ2v) is 6.80. The third-order valence-electron chi connectivity index (χ3n) is 2.51. The first-order chi connectivity index (χ1) is 8.29. The molecule has 0 saturated carbocycles. The molecule has 0 bridgehead atoms. The van der Waals surface area contributed by atoms with E-state index in [9.17, 15) is 0 Å². The van der Waals surface area contributed by atoms with Crippen molar-refractivity contribution in [3.8, 4) is 0 Å². The van der Waals surface area contributed by atoms with E-state index in [4.69, 9.17) is 16.7 Å². The normalized spacial score (nSPS) is 24.6. The van der Waals surface area contributed by atoms with Crippen molar-refractivity contribution in [2.24, 2.45) is 0 Å². The van der Waals surface area contributed by atoms with Gasteiger partial charge in [-0.15, -0.1) is 23.5 Å². The third kappa shape index (κ3) is 2.01. The molecule has 8 heteroatoms. The van der Waals surface area contributed by atoms with Crippen LogP contribution in [0.3, 0.4) is 0 Å². The maximum Gasteiger partial charge on any atom is 0.165 e. The van der Waals surface area contributed by atoms with Gasteiger partial charge in [0.2, 0.25) is 0 Å². The van der Waals surface area contributed by atoms with E-state index in [0.29, 0.717) is 10.7 Å². The van der Waals surface area contributed by atoms with Crippen LogP contribution in [0.2, 0.25) is 5.15 Å². The molecule has 1 aliphatic rings. The Morgan fingerprint density at radius 2 is 2.35 bits per heavy atom. The Bertz CT molecular complexity index is 549. The van der Waals surface area contributed by atoms with Gasteiger partial charge in [0.25, 0.3) is 0 Å². The van der Waals surface area contributed by atoms with Crippen LogP contribution in [0.4, 0.5) is 0 Å². The highest BCUT2D eigenvalue weighted by molar-refractivity contribution is 8.20. The molecule has 17 heavy (non-hydrogen) atoms. The van der Waals surface area contributed by atoms with Crippen molar-refractivity contribution in [3.63, 3.8) is 0 Å². The van der Waals surface area contributed by atoms with Gasteiger partial charge in [-0.2, -0.15) is 0 Å². The Balaban J connectivity index is 1.99. The second kappa shape index (κ2) is 4.64. The number of hydrogen-bond donors (Lipinski definition) is 1. The summed E-state index contributed by atoms with van der Waals surface area (Å²) >= 11 is 9.42. The van der Waals surface area contributed by atoms with Crippen LogP contribution < -0.4 is 0 Å². The first kappa shape index (κ1) is 11.6. The summed E-state index contributed by atoms with van der Waals surface area (Å²) in [6.45, 7) is 0.189. The van der Waals surface area contributed by atoms with E-state index in [1.807, 2.05) is 4.57 Å². The molecule has 5 nitrogen and oxygen atoms in total. The van der Waals surface area contributed by atoms with E-state index < -0.39 is 0 Å². The number of fused-ring (bicyclic) bond motifs is 1. The molecule has 0 unspecified atom stereocenters. The Morgan fingerprint density at radius 3 is 3.12 bits per heavy atom. The molecule has 1 N–H and O–H groups in total. The van der Waals surface area contributed by atoms with Crippen molar-refractivity contribution in [2.75, 3.05) is 12.4 Å². The van der Waals surface area contributed by atoms with Crippen molar-refractivity contribution in [1.82, 2.24) is 19.5 Å². The fourth-order valence-corrected chi connectivity index (χ4v) is 4.75. The lowest BCUT2D eigenvalue weighted by Crippen LogP contribution is -2.05. The molecule has 2 aromatic heterocycles. The second-order valence-electron chi connectivity index (χ2n) is 3.52. The van der Waals surface area contributed by atoms with Gasteiger partial charge < -0.3 is 9.67 Å². The minimum absolute atomic E-state index is 0.189. The largest absolute Gasteiger partial charge is 0.394 e. The van der Waals surface area contributed by atoms with Crippen LogP contribution in [-0.2, 0) is 0 Å². The average molecular weight is 289 g/mol. The molecule has 1 saturated heterocycles. The van der Waals surface area contributed by atoms with Crippen molar-refractivity contribution in [3.05, 3.63) is 17.8 Å². The molecule has 90 valence electrons. The van der Waals surface area contributed by atoms with Crippen LogP contribution in [0.25, 0.3) is 11.2 Å². The number of halogens is 1. The van der Waals surface area contributed by atoms with Gasteiger partial charge >= 0.3 is 0 Å². The summed E-state index contributed by atoms with van der Waals surface area (Å²) in [5, 5.41) is 9.75.